The van der Waals surface area contributed by atoms with Crippen LogP contribution in [-0.2, 0) is 10.0 Å². The highest BCUT2D eigenvalue weighted by atomic mass is 32.2. The summed E-state index contributed by atoms with van der Waals surface area (Å²) in [5.74, 6) is 0. The molecule has 6 heteroatoms. The molecule has 5 nitrogen and oxygen atoms in total. The van der Waals surface area contributed by atoms with Crippen LogP contribution < -0.4 is 10.0 Å². The molecule has 0 heterocycles. The fraction of sp³-hybridized carbons (Fsp3) is 0.667. The zero-order valence-electron chi connectivity index (χ0n) is 5.13. The van der Waals surface area contributed by atoms with Gasteiger partial charge in [0.25, 0.3) is 0 Å². The monoisotopic (exact) mass is 152 g/mol. The second-order valence-corrected chi connectivity index (χ2v) is 3.20. The third-order valence-electron chi connectivity index (χ3n) is 0.505. The summed E-state index contributed by atoms with van der Waals surface area (Å²) < 4.78 is 22.1. The van der Waals surface area contributed by atoms with Gasteiger partial charge in [0, 0.05) is 7.05 Å². The fourth-order valence-electron chi connectivity index (χ4n) is 0.219. The number of rotatable bonds is 1. The van der Waals surface area contributed by atoms with Gasteiger partial charge in [-0.1, -0.05) is 0 Å². The molecule has 0 saturated carbocycles. The predicted molar refractivity (Wildman–Crippen MR) is 32.4 cm³/mol. The SMILES string of the molecule is CNC(=O)NS(C)(=O)=O. The van der Waals surface area contributed by atoms with Crippen LogP contribution in [0.25, 0.3) is 0 Å². The number of urea groups is 1. The summed E-state index contributed by atoms with van der Waals surface area (Å²) in [6.07, 6.45) is 0.905. The molecule has 9 heavy (non-hydrogen) atoms. The summed E-state index contributed by atoms with van der Waals surface area (Å²) >= 11 is 0. The van der Waals surface area contributed by atoms with E-state index >= 15 is 0 Å². The lowest BCUT2D eigenvalue weighted by molar-refractivity contribution is 0.248. The molecule has 0 fully saturated rings. The highest BCUT2D eigenvalue weighted by molar-refractivity contribution is 7.89. The Balaban J connectivity index is 3.91. The van der Waals surface area contributed by atoms with Gasteiger partial charge < -0.3 is 5.32 Å². The van der Waals surface area contributed by atoms with Crippen LogP contribution in [0, 0.1) is 0 Å². The molecule has 0 rings (SSSR count). The molecule has 0 aliphatic carbocycles. The Hall–Kier alpha value is -0.780. The van der Waals surface area contributed by atoms with E-state index in [0.717, 1.165) is 6.26 Å². The van der Waals surface area contributed by atoms with Gasteiger partial charge in [0.1, 0.15) is 0 Å². The number of nitrogens with one attached hydrogen (secondary N) is 2. The molecule has 0 bridgehead atoms. The van der Waals surface area contributed by atoms with E-state index in [9.17, 15) is 13.2 Å². The fourth-order valence-corrected chi connectivity index (χ4v) is 0.658. The molecule has 0 saturated heterocycles. The molecular weight excluding hydrogens is 144 g/mol. The Kier molecular flexibility index (Phi) is 2.44. The lowest BCUT2D eigenvalue weighted by atomic mass is 11.0. The van der Waals surface area contributed by atoms with Gasteiger partial charge >= 0.3 is 6.03 Å². The molecule has 0 spiro atoms. The van der Waals surface area contributed by atoms with Crippen molar-refractivity contribution < 1.29 is 13.2 Å². The molecule has 0 unspecified atom stereocenters. The van der Waals surface area contributed by atoms with Gasteiger partial charge in [-0.25, -0.2) is 17.9 Å². The van der Waals surface area contributed by atoms with Crippen molar-refractivity contribution in [1.82, 2.24) is 10.0 Å². The van der Waals surface area contributed by atoms with Crippen molar-refractivity contribution in [3.8, 4) is 0 Å². The smallest absolute Gasteiger partial charge is 0.328 e. The van der Waals surface area contributed by atoms with Gasteiger partial charge in [0.15, 0.2) is 0 Å². The van der Waals surface area contributed by atoms with Crippen molar-refractivity contribution in [2.75, 3.05) is 13.3 Å². The average molecular weight is 152 g/mol. The summed E-state index contributed by atoms with van der Waals surface area (Å²) in [7, 11) is -2.06. The van der Waals surface area contributed by atoms with E-state index in [0.29, 0.717) is 0 Å². The normalized spacial score (nSPS) is 10.4. The molecule has 0 radical (unpaired) electrons. The van der Waals surface area contributed by atoms with Crippen LogP contribution in [0.2, 0.25) is 0 Å². The maximum atomic E-state index is 10.2. The summed E-state index contributed by atoms with van der Waals surface area (Å²) in [4.78, 5) is 10.2. The minimum absolute atomic E-state index is 0.725. The largest absolute Gasteiger partial charge is 0.340 e. The maximum absolute atomic E-state index is 10.2. The zero-order valence-corrected chi connectivity index (χ0v) is 5.95. The van der Waals surface area contributed by atoms with Crippen molar-refractivity contribution in [3.63, 3.8) is 0 Å². The van der Waals surface area contributed by atoms with Crippen LogP contribution in [-0.4, -0.2) is 27.8 Å². The minimum Gasteiger partial charge on any atom is -0.340 e. The van der Waals surface area contributed by atoms with Gasteiger partial charge in [-0.15, -0.1) is 0 Å². The summed E-state index contributed by atoms with van der Waals surface area (Å²) in [6, 6.07) is -0.725. The number of amides is 2. The van der Waals surface area contributed by atoms with E-state index in [1.807, 2.05) is 0 Å². The van der Waals surface area contributed by atoms with Crippen molar-refractivity contribution in [2.24, 2.45) is 0 Å². The topological polar surface area (TPSA) is 75.3 Å². The van der Waals surface area contributed by atoms with Crippen LogP contribution in [0.4, 0.5) is 4.79 Å². The third kappa shape index (κ3) is 5.09. The first-order valence-electron chi connectivity index (χ1n) is 2.15. The first-order chi connectivity index (χ1) is 3.95. The molecule has 0 aromatic rings. The number of sulfonamides is 1. The lowest BCUT2D eigenvalue weighted by Crippen LogP contribution is -2.36. The van der Waals surface area contributed by atoms with Crippen LogP contribution in [0.3, 0.4) is 0 Å². The van der Waals surface area contributed by atoms with E-state index in [1.165, 1.54) is 7.05 Å². The van der Waals surface area contributed by atoms with Crippen LogP contribution >= 0.6 is 0 Å². The van der Waals surface area contributed by atoms with E-state index in [-0.39, 0.29) is 0 Å². The van der Waals surface area contributed by atoms with Crippen LogP contribution in [0.5, 0.6) is 0 Å². The van der Waals surface area contributed by atoms with E-state index in [4.69, 9.17) is 0 Å². The Morgan fingerprint density at radius 1 is 1.44 bits per heavy atom. The Labute approximate surface area is 53.5 Å². The molecule has 0 atom stereocenters. The summed E-state index contributed by atoms with van der Waals surface area (Å²) in [6.45, 7) is 0. The van der Waals surface area contributed by atoms with Crippen LogP contribution in [0.15, 0.2) is 0 Å². The third-order valence-corrected chi connectivity index (χ3v) is 1.06. The molecule has 0 aliphatic heterocycles. The molecule has 0 aliphatic rings. The van der Waals surface area contributed by atoms with Gasteiger partial charge in [-0.2, -0.15) is 0 Å². The standard InChI is InChI=1S/C3H8N2O3S/c1-4-3(6)5-9(2,7)8/h1-2H3,(H2,4,5,6). The molecular formula is C3H8N2O3S. The summed E-state index contributed by atoms with van der Waals surface area (Å²) in [5, 5.41) is 2.09. The lowest BCUT2D eigenvalue weighted by Gasteiger charge is -1.98. The van der Waals surface area contributed by atoms with Gasteiger partial charge in [-0.05, 0) is 0 Å². The van der Waals surface area contributed by atoms with E-state index in [1.54, 1.807) is 4.72 Å². The summed E-state index contributed by atoms with van der Waals surface area (Å²) in [5.41, 5.74) is 0. The maximum Gasteiger partial charge on any atom is 0.328 e. The molecule has 2 N–H and O–H groups in total. The van der Waals surface area contributed by atoms with E-state index < -0.39 is 16.1 Å². The quantitative estimate of drug-likeness (QED) is 0.499. The second kappa shape index (κ2) is 2.67. The molecule has 2 amide bonds. The van der Waals surface area contributed by atoms with Gasteiger partial charge in [0.05, 0.1) is 6.26 Å². The highest BCUT2D eigenvalue weighted by Gasteiger charge is 2.03. The van der Waals surface area contributed by atoms with Crippen molar-refractivity contribution in [2.45, 2.75) is 0 Å². The predicted octanol–water partition coefficient (Wildman–Crippen LogP) is -1.12. The Morgan fingerprint density at radius 3 is 2.00 bits per heavy atom. The Bertz CT molecular complexity index is 195. The first kappa shape index (κ1) is 8.22. The van der Waals surface area contributed by atoms with Crippen molar-refractivity contribution in [1.29, 1.82) is 0 Å². The van der Waals surface area contributed by atoms with Crippen molar-refractivity contribution in [3.05, 3.63) is 0 Å². The molecule has 0 aromatic heterocycles. The van der Waals surface area contributed by atoms with Crippen molar-refractivity contribution >= 4 is 16.1 Å². The number of hydrogen-bond acceptors (Lipinski definition) is 3. The average Bonchev–Trinajstić information content (AvgIpc) is 1.62. The minimum atomic E-state index is -3.40. The van der Waals surface area contributed by atoms with Gasteiger partial charge in [-0.3, -0.25) is 0 Å². The van der Waals surface area contributed by atoms with Gasteiger partial charge in [0.2, 0.25) is 10.0 Å². The number of carbonyl (C=O) groups is 1. The first-order valence-corrected chi connectivity index (χ1v) is 4.04. The number of hydrogen-bond donors (Lipinski definition) is 2. The molecule has 0 aromatic carbocycles. The Morgan fingerprint density at radius 2 is 1.89 bits per heavy atom. The molecule has 54 valence electrons. The number of carbonyl (C=O) groups excluding carboxylic acids is 1. The van der Waals surface area contributed by atoms with E-state index in [2.05, 4.69) is 5.32 Å². The zero-order chi connectivity index (χ0) is 7.49. The second-order valence-electron chi connectivity index (χ2n) is 1.45. The highest BCUT2D eigenvalue weighted by Crippen LogP contribution is 1.71. The van der Waals surface area contributed by atoms with Crippen LogP contribution in [0.1, 0.15) is 0 Å².